The van der Waals surface area contributed by atoms with E-state index in [2.05, 4.69) is 0 Å². The summed E-state index contributed by atoms with van der Waals surface area (Å²) in [6.07, 6.45) is 0.904. The Bertz CT molecular complexity index is 1340. The van der Waals surface area contributed by atoms with Gasteiger partial charge in [0.25, 0.3) is 0 Å². The molecule has 0 bridgehead atoms. The lowest BCUT2D eigenvalue weighted by atomic mass is 9.99. The molecule has 192 valence electrons. The van der Waals surface area contributed by atoms with Crippen molar-refractivity contribution in [2.45, 2.75) is 39.4 Å². The number of hydrogen-bond acceptors (Lipinski definition) is 3. The van der Waals surface area contributed by atoms with Crippen molar-refractivity contribution >= 4 is 0 Å². The molecule has 37 heavy (non-hydrogen) atoms. The summed E-state index contributed by atoms with van der Waals surface area (Å²) in [5.41, 5.74) is 3.63. The molecule has 0 aromatic heterocycles. The zero-order chi connectivity index (χ0) is 26.4. The van der Waals surface area contributed by atoms with Crippen LogP contribution in [0.5, 0.6) is 11.5 Å². The van der Waals surface area contributed by atoms with Crippen LogP contribution in [0.25, 0.3) is 22.3 Å². The highest BCUT2D eigenvalue weighted by molar-refractivity contribution is 5.66. The number of ether oxygens (including phenoxy) is 2. The van der Waals surface area contributed by atoms with E-state index in [9.17, 15) is 18.3 Å². The fourth-order valence-electron chi connectivity index (χ4n) is 4.10. The molecule has 1 N–H and O–H groups in total. The molecule has 6 heteroatoms. The molecule has 0 saturated carbocycles. The van der Waals surface area contributed by atoms with Crippen molar-refractivity contribution in [2.75, 3.05) is 6.61 Å². The zero-order valence-electron chi connectivity index (χ0n) is 20.8. The van der Waals surface area contributed by atoms with Gasteiger partial charge in [0, 0.05) is 5.56 Å². The van der Waals surface area contributed by atoms with Crippen LogP contribution in [0.15, 0.2) is 78.9 Å². The van der Waals surface area contributed by atoms with E-state index >= 15 is 0 Å². The Balaban J connectivity index is 1.43. The smallest absolute Gasteiger partial charge is 0.201 e. The van der Waals surface area contributed by atoms with Crippen LogP contribution in [-0.2, 0) is 6.61 Å². The number of aliphatic hydroxyl groups is 1. The number of halogens is 3. The molecule has 4 aromatic rings. The van der Waals surface area contributed by atoms with E-state index in [1.807, 2.05) is 19.1 Å². The van der Waals surface area contributed by atoms with Crippen molar-refractivity contribution in [1.29, 1.82) is 0 Å². The average molecular weight is 507 g/mol. The van der Waals surface area contributed by atoms with Crippen molar-refractivity contribution in [3.8, 4) is 33.8 Å². The first-order chi connectivity index (χ1) is 17.9. The molecule has 0 aliphatic rings. The lowest BCUT2D eigenvalue weighted by molar-refractivity contribution is 0.166. The third-order valence-corrected chi connectivity index (χ3v) is 6.13. The maximum Gasteiger partial charge on any atom is 0.201 e. The third kappa shape index (κ3) is 6.15. The van der Waals surface area contributed by atoms with Crippen molar-refractivity contribution in [1.82, 2.24) is 0 Å². The summed E-state index contributed by atoms with van der Waals surface area (Å²) >= 11 is 0. The first kappa shape index (κ1) is 26.3. The van der Waals surface area contributed by atoms with Gasteiger partial charge in [0.05, 0.1) is 12.7 Å². The van der Waals surface area contributed by atoms with Gasteiger partial charge in [-0.1, -0.05) is 67.9 Å². The van der Waals surface area contributed by atoms with Gasteiger partial charge in [0.2, 0.25) is 5.82 Å². The van der Waals surface area contributed by atoms with E-state index in [4.69, 9.17) is 9.47 Å². The highest BCUT2D eigenvalue weighted by Crippen LogP contribution is 2.32. The minimum absolute atomic E-state index is 0.0393. The summed E-state index contributed by atoms with van der Waals surface area (Å²) in [6.45, 7) is 4.20. The standard InChI is InChI=1S/C31H29F3O3/c1-3-5-27(35)23-12-10-22(11-13-23)25-15-17-29(31(34)30(25)33)37-19-20-6-8-21(9-7-20)24-14-16-28(36-4-2)26(32)18-24/h6-18,27,35H,3-5,19H2,1-2H3. The third-order valence-electron chi connectivity index (χ3n) is 6.13. The lowest BCUT2D eigenvalue weighted by Crippen LogP contribution is -2.01. The van der Waals surface area contributed by atoms with Crippen LogP contribution < -0.4 is 9.47 Å². The van der Waals surface area contributed by atoms with Crippen molar-refractivity contribution in [2.24, 2.45) is 0 Å². The highest BCUT2D eigenvalue weighted by Gasteiger charge is 2.17. The Hall–Kier alpha value is -3.77. The highest BCUT2D eigenvalue weighted by atomic mass is 19.2. The minimum atomic E-state index is -1.06. The largest absolute Gasteiger partial charge is 0.491 e. The maximum atomic E-state index is 14.9. The number of hydrogen-bond donors (Lipinski definition) is 1. The zero-order valence-corrected chi connectivity index (χ0v) is 20.8. The summed E-state index contributed by atoms with van der Waals surface area (Å²) in [7, 11) is 0. The molecule has 4 rings (SSSR count). The van der Waals surface area contributed by atoms with Crippen LogP contribution >= 0.6 is 0 Å². The van der Waals surface area contributed by atoms with E-state index in [-0.39, 0.29) is 23.7 Å². The second kappa shape index (κ2) is 12.0. The fourth-order valence-corrected chi connectivity index (χ4v) is 4.10. The minimum Gasteiger partial charge on any atom is -0.491 e. The summed E-state index contributed by atoms with van der Waals surface area (Å²) in [6, 6.07) is 21.7. The molecule has 0 aliphatic heterocycles. The molecule has 0 heterocycles. The van der Waals surface area contributed by atoms with Crippen molar-refractivity contribution in [3.63, 3.8) is 0 Å². The molecule has 0 saturated heterocycles. The Labute approximate surface area is 215 Å². The Morgan fingerprint density at radius 2 is 1.35 bits per heavy atom. The summed E-state index contributed by atoms with van der Waals surface area (Å²) in [5.74, 6) is -2.47. The van der Waals surface area contributed by atoms with Crippen LogP contribution in [0.1, 0.15) is 43.9 Å². The summed E-state index contributed by atoms with van der Waals surface area (Å²) in [5, 5.41) is 10.1. The molecular formula is C31H29F3O3. The van der Waals surface area contributed by atoms with Gasteiger partial charge in [-0.2, -0.15) is 4.39 Å². The SMILES string of the molecule is CCCC(O)c1ccc(-c2ccc(OCc3ccc(-c4ccc(OCC)c(F)c4)cc3)c(F)c2F)cc1. The Morgan fingerprint density at radius 1 is 0.703 bits per heavy atom. The van der Waals surface area contributed by atoms with Crippen molar-refractivity contribution in [3.05, 3.63) is 107 Å². The molecule has 1 unspecified atom stereocenters. The second-order valence-electron chi connectivity index (χ2n) is 8.73. The molecule has 0 radical (unpaired) electrons. The van der Waals surface area contributed by atoms with Gasteiger partial charge in [-0.25, -0.2) is 8.78 Å². The quantitative estimate of drug-likeness (QED) is 0.235. The average Bonchev–Trinajstić information content (AvgIpc) is 2.91. The molecule has 0 fully saturated rings. The first-order valence-electron chi connectivity index (χ1n) is 12.3. The van der Waals surface area contributed by atoms with Crippen LogP contribution in [0.4, 0.5) is 13.2 Å². The molecule has 0 spiro atoms. The monoisotopic (exact) mass is 506 g/mol. The van der Waals surface area contributed by atoms with Gasteiger partial charge in [-0.15, -0.1) is 0 Å². The van der Waals surface area contributed by atoms with E-state index in [0.717, 1.165) is 23.1 Å². The predicted octanol–water partition coefficient (Wildman–Crippen LogP) is 8.25. The molecule has 4 aromatic carbocycles. The summed E-state index contributed by atoms with van der Waals surface area (Å²) in [4.78, 5) is 0. The van der Waals surface area contributed by atoms with Crippen LogP contribution in [0.2, 0.25) is 0 Å². The Kier molecular flexibility index (Phi) is 8.51. The molecule has 3 nitrogen and oxygen atoms in total. The van der Waals surface area contributed by atoms with Crippen LogP contribution in [-0.4, -0.2) is 11.7 Å². The van der Waals surface area contributed by atoms with Gasteiger partial charge < -0.3 is 14.6 Å². The van der Waals surface area contributed by atoms with Gasteiger partial charge in [-0.05, 0) is 65.4 Å². The molecular weight excluding hydrogens is 477 g/mol. The Morgan fingerprint density at radius 3 is 2.00 bits per heavy atom. The number of rotatable bonds is 10. The van der Waals surface area contributed by atoms with E-state index in [1.54, 1.807) is 55.5 Å². The van der Waals surface area contributed by atoms with Crippen LogP contribution in [0.3, 0.4) is 0 Å². The van der Waals surface area contributed by atoms with Gasteiger partial charge in [0.1, 0.15) is 6.61 Å². The van der Waals surface area contributed by atoms with Crippen LogP contribution in [0, 0.1) is 17.5 Å². The molecule has 1 atom stereocenters. The van der Waals surface area contributed by atoms with E-state index in [1.165, 1.54) is 18.2 Å². The normalized spacial score (nSPS) is 11.8. The van der Waals surface area contributed by atoms with Gasteiger partial charge in [0.15, 0.2) is 23.1 Å². The fraction of sp³-hybridized carbons (Fsp3) is 0.226. The van der Waals surface area contributed by atoms with Gasteiger partial charge in [-0.3, -0.25) is 0 Å². The molecule has 0 amide bonds. The molecule has 0 aliphatic carbocycles. The van der Waals surface area contributed by atoms with E-state index in [0.29, 0.717) is 24.2 Å². The van der Waals surface area contributed by atoms with Gasteiger partial charge >= 0.3 is 0 Å². The number of benzene rings is 4. The predicted molar refractivity (Wildman–Crippen MR) is 139 cm³/mol. The topological polar surface area (TPSA) is 38.7 Å². The maximum absolute atomic E-state index is 14.9. The van der Waals surface area contributed by atoms with E-state index < -0.39 is 23.6 Å². The number of aliphatic hydroxyl groups excluding tert-OH is 1. The summed E-state index contributed by atoms with van der Waals surface area (Å²) < 4.78 is 54.6. The first-order valence-corrected chi connectivity index (χ1v) is 12.3. The van der Waals surface area contributed by atoms with Crippen molar-refractivity contribution < 1.29 is 27.8 Å². The second-order valence-corrected chi connectivity index (χ2v) is 8.73. The lowest BCUT2D eigenvalue weighted by Gasteiger charge is -2.13.